The van der Waals surface area contributed by atoms with Crippen molar-refractivity contribution in [1.82, 2.24) is 15.1 Å². The monoisotopic (exact) mass is 462 g/mol. The molecule has 7 nitrogen and oxygen atoms in total. The molecule has 0 saturated carbocycles. The van der Waals surface area contributed by atoms with Gasteiger partial charge >= 0.3 is 0 Å². The third kappa shape index (κ3) is 4.65. The molecule has 2 aromatic carbocycles. The highest BCUT2D eigenvalue weighted by molar-refractivity contribution is 5.97. The Morgan fingerprint density at radius 2 is 1.68 bits per heavy atom. The van der Waals surface area contributed by atoms with Crippen molar-refractivity contribution in [3.8, 4) is 0 Å². The number of carbonyl (C=O) groups excluding carboxylic acids is 3. The Labute approximate surface area is 201 Å². The zero-order valence-electron chi connectivity index (χ0n) is 20.3. The quantitative estimate of drug-likeness (QED) is 0.716. The van der Waals surface area contributed by atoms with Crippen LogP contribution in [0.15, 0.2) is 54.6 Å². The minimum Gasteiger partial charge on any atom is -0.352 e. The van der Waals surface area contributed by atoms with Crippen molar-refractivity contribution in [3.63, 3.8) is 0 Å². The molecule has 7 heteroatoms. The minimum absolute atomic E-state index is 0.00339. The number of anilines is 1. The molecule has 3 amide bonds. The van der Waals surface area contributed by atoms with E-state index in [0.29, 0.717) is 38.2 Å². The van der Waals surface area contributed by atoms with Gasteiger partial charge in [-0.3, -0.25) is 14.4 Å². The van der Waals surface area contributed by atoms with Crippen molar-refractivity contribution >= 4 is 23.4 Å². The van der Waals surface area contributed by atoms with Crippen LogP contribution in [0.3, 0.4) is 0 Å². The predicted octanol–water partition coefficient (Wildman–Crippen LogP) is 3.19. The molecule has 2 aliphatic rings. The fourth-order valence-electron chi connectivity index (χ4n) is 4.88. The van der Waals surface area contributed by atoms with Gasteiger partial charge in [-0.2, -0.15) is 0 Å². The molecule has 0 aliphatic carbocycles. The molecule has 4 rings (SSSR count). The van der Waals surface area contributed by atoms with Crippen molar-refractivity contribution in [2.75, 3.05) is 31.2 Å². The maximum atomic E-state index is 13.7. The van der Waals surface area contributed by atoms with Crippen LogP contribution in [0.5, 0.6) is 0 Å². The highest BCUT2D eigenvalue weighted by Crippen LogP contribution is 2.39. The van der Waals surface area contributed by atoms with Gasteiger partial charge in [-0.25, -0.2) is 0 Å². The number of piperidine rings is 1. The van der Waals surface area contributed by atoms with Crippen LogP contribution in [0.4, 0.5) is 5.69 Å². The molecule has 2 aromatic rings. The third-order valence-electron chi connectivity index (χ3n) is 7.11. The summed E-state index contributed by atoms with van der Waals surface area (Å²) in [6.45, 7) is 7.37. The first kappa shape index (κ1) is 23.8. The zero-order chi connectivity index (χ0) is 24.3. The molecule has 0 aromatic heterocycles. The van der Waals surface area contributed by atoms with Crippen LogP contribution in [0.25, 0.3) is 0 Å². The molecule has 34 heavy (non-hydrogen) atoms. The Kier molecular flexibility index (Phi) is 6.91. The second-order valence-corrected chi connectivity index (χ2v) is 9.47. The number of carbonyl (C=O) groups is 3. The van der Waals surface area contributed by atoms with Crippen LogP contribution in [0.2, 0.25) is 0 Å². The molecule has 1 unspecified atom stereocenters. The number of benzene rings is 2. The Hall–Kier alpha value is -3.35. The van der Waals surface area contributed by atoms with E-state index >= 15 is 0 Å². The number of para-hydroxylation sites is 1. The number of hydrogen-bond donors (Lipinski definition) is 1. The zero-order valence-corrected chi connectivity index (χ0v) is 20.3. The number of rotatable bonds is 6. The van der Waals surface area contributed by atoms with E-state index in [9.17, 15) is 14.4 Å². The van der Waals surface area contributed by atoms with E-state index in [1.165, 1.54) is 0 Å². The maximum Gasteiger partial charge on any atom is 0.253 e. The molecule has 2 saturated heterocycles. The molecule has 180 valence electrons. The molecule has 2 aliphatic heterocycles. The summed E-state index contributed by atoms with van der Waals surface area (Å²) in [6, 6.07) is 17.5. The number of hydrogen-bond acceptors (Lipinski definition) is 4. The first-order valence-corrected chi connectivity index (χ1v) is 12.1. The Morgan fingerprint density at radius 3 is 2.29 bits per heavy atom. The fourth-order valence-corrected chi connectivity index (χ4v) is 4.88. The number of amides is 3. The fraction of sp³-hybridized carbons (Fsp3) is 0.444. The summed E-state index contributed by atoms with van der Waals surface area (Å²) >= 11 is 0. The molecular weight excluding hydrogens is 428 g/mol. The number of nitrogens with zero attached hydrogens (tertiary/aromatic N) is 3. The van der Waals surface area contributed by atoms with Gasteiger partial charge in [-0.05, 0) is 57.4 Å². The summed E-state index contributed by atoms with van der Waals surface area (Å²) in [5.41, 5.74) is 1.99. The van der Waals surface area contributed by atoms with Gasteiger partial charge in [0, 0.05) is 30.4 Å². The van der Waals surface area contributed by atoms with E-state index in [-0.39, 0.29) is 30.3 Å². The van der Waals surface area contributed by atoms with Crippen LogP contribution >= 0.6 is 0 Å². The minimum atomic E-state index is -0.748. The van der Waals surface area contributed by atoms with Gasteiger partial charge in [0.05, 0.1) is 6.67 Å². The number of likely N-dealkylation sites (tertiary alicyclic amines) is 1. The Morgan fingerprint density at radius 1 is 1.03 bits per heavy atom. The lowest BCUT2D eigenvalue weighted by molar-refractivity contribution is -0.137. The summed E-state index contributed by atoms with van der Waals surface area (Å²) < 4.78 is 0. The Bertz CT molecular complexity index is 1030. The van der Waals surface area contributed by atoms with Gasteiger partial charge in [-0.15, -0.1) is 0 Å². The highest BCUT2D eigenvalue weighted by atomic mass is 16.2. The normalized spacial score (nSPS) is 18.3. The second-order valence-electron chi connectivity index (χ2n) is 9.47. The van der Waals surface area contributed by atoms with Crippen LogP contribution in [0.1, 0.15) is 49.0 Å². The first-order chi connectivity index (χ1) is 16.3. The lowest BCUT2D eigenvalue weighted by Crippen LogP contribution is -2.57. The van der Waals surface area contributed by atoms with E-state index in [0.717, 1.165) is 17.7 Å². The van der Waals surface area contributed by atoms with Crippen molar-refractivity contribution in [2.24, 2.45) is 0 Å². The van der Waals surface area contributed by atoms with Crippen LogP contribution in [-0.2, 0) is 9.59 Å². The van der Waals surface area contributed by atoms with Gasteiger partial charge in [0.15, 0.2) is 0 Å². The Balaban J connectivity index is 1.53. The predicted molar refractivity (Wildman–Crippen MR) is 132 cm³/mol. The maximum absolute atomic E-state index is 13.7. The van der Waals surface area contributed by atoms with E-state index < -0.39 is 5.54 Å². The van der Waals surface area contributed by atoms with Crippen LogP contribution < -0.4 is 10.2 Å². The lowest BCUT2D eigenvalue weighted by Gasteiger charge is -2.43. The van der Waals surface area contributed by atoms with Crippen molar-refractivity contribution in [3.05, 3.63) is 65.7 Å². The number of nitrogens with one attached hydrogen (secondary N) is 1. The highest BCUT2D eigenvalue weighted by Gasteiger charge is 2.54. The summed E-state index contributed by atoms with van der Waals surface area (Å²) in [5, 5.41) is 2.96. The molecule has 0 bridgehead atoms. The molecule has 1 spiro atoms. The largest absolute Gasteiger partial charge is 0.352 e. The van der Waals surface area contributed by atoms with Gasteiger partial charge in [0.1, 0.15) is 12.1 Å². The number of aryl methyl sites for hydroxylation is 1. The van der Waals surface area contributed by atoms with Gasteiger partial charge in [0.25, 0.3) is 11.8 Å². The van der Waals surface area contributed by atoms with Gasteiger partial charge in [-0.1, -0.05) is 42.8 Å². The van der Waals surface area contributed by atoms with Crippen LogP contribution in [-0.4, -0.2) is 65.4 Å². The summed E-state index contributed by atoms with van der Waals surface area (Å²) in [6.07, 6.45) is 1.90. The van der Waals surface area contributed by atoms with E-state index in [2.05, 4.69) is 10.2 Å². The molecule has 1 atom stereocenters. The molecule has 0 radical (unpaired) electrons. The van der Waals surface area contributed by atoms with E-state index in [4.69, 9.17) is 0 Å². The van der Waals surface area contributed by atoms with Crippen molar-refractivity contribution in [2.45, 2.75) is 51.6 Å². The van der Waals surface area contributed by atoms with Crippen molar-refractivity contribution in [1.29, 1.82) is 0 Å². The molecule has 2 heterocycles. The molecular formula is C27H34N4O3. The second kappa shape index (κ2) is 9.87. The topological polar surface area (TPSA) is 73.0 Å². The van der Waals surface area contributed by atoms with Crippen LogP contribution in [0, 0.1) is 6.92 Å². The van der Waals surface area contributed by atoms with E-state index in [1.807, 2.05) is 80.3 Å². The summed E-state index contributed by atoms with van der Waals surface area (Å²) in [7, 11) is 0. The average Bonchev–Trinajstić information content (AvgIpc) is 3.11. The third-order valence-corrected chi connectivity index (χ3v) is 7.11. The lowest BCUT2D eigenvalue weighted by atomic mass is 9.85. The average molecular weight is 463 g/mol. The standard InChI is InChI=1S/C27H34N4O3/c1-4-21(3)28-24(32)18-30-19-31(23-8-6-5-7-9-23)27(26(30)34)14-16-29(17-15-27)25(33)22-12-10-20(2)11-13-22/h5-13,21H,4,14-19H2,1-3H3,(H,28,32). The van der Waals surface area contributed by atoms with E-state index in [1.54, 1.807) is 4.90 Å². The smallest absolute Gasteiger partial charge is 0.253 e. The summed E-state index contributed by atoms with van der Waals surface area (Å²) in [4.78, 5) is 45.0. The molecule has 2 fully saturated rings. The van der Waals surface area contributed by atoms with Gasteiger partial charge < -0.3 is 20.0 Å². The molecule has 1 N–H and O–H groups in total. The van der Waals surface area contributed by atoms with Gasteiger partial charge in [0.2, 0.25) is 5.91 Å². The van der Waals surface area contributed by atoms with Crippen molar-refractivity contribution < 1.29 is 14.4 Å². The first-order valence-electron chi connectivity index (χ1n) is 12.1. The SMILES string of the molecule is CCC(C)NC(=O)CN1CN(c2ccccc2)C2(CCN(C(=O)c3ccc(C)cc3)CC2)C1=O. The summed E-state index contributed by atoms with van der Waals surface area (Å²) in [5.74, 6) is -0.172.